The van der Waals surface area contributed by atoms with E-state index in [1.54, 1.807) is 12.1 Å². The summed E-state index contributed by atoms with van der Waals surface area (Å²) in [6.45, 7) is 1.12. The molecule has 1 aromatic heterocycles. The van der Waals surface area contributed by atoms with Crippen molar-refractivity contribution >= 4 is 16.7 Å². The third-order valence-corrected chi connectivity index (χ3v) is 4.57. The first kappa shape index (κ1) is 16.6. The molecule has 0 saturated heterocycles. The van der Waals surface area contributed by atoms with Crippen molar-refractivity contribution in [3.8, 4) is 5.75 Å². The average molecular weight is 359 g/mol. The minimum absolute atomic E-state index is 0.223. The predicted octanol–water partition coefficient (Wildman–Crippen LogP) is 4.22. The normalized spacial score (nSPS) is 14.4. The predicted molar refractivity (Wildman–Crippen MR) is 92.3 cm³/mol. The Bertz CT molecular complexity index is 972. The second-order valence-electron chi connectivity index (χ2n) is 6.19. The van der Waals surface area contributed by atoms with Crippen molar-refractivity contribution in [2.24, 2.45) is 0 Å². The van der Waals surface area contributed by atoms with Crippen molar-refractivity contribution in [2.45, 2.75) is 19.1 Å². The molecule has 3 aromatic rings. The molecule has 0 saturated carbocycles. The smallest absolute Gasteiger partial charge is 0.451 e. The molecule has 0 amide bonds. The van der Waals surface area contributed by atoms with Crippen LogP contribution < -0.4 is 9.64 Å². The Morgan fingerprint density at radius 3 is 2.54 bits per heavy atom. The van der Waals surface area contributed by atoms with Gasteiger partial charge in [0.15, 0.2) is 0 Å². The molecule has 4 rings (SSSR count). The highest BCUT2D eigenvalue weighted by atomic mass is 19.4. The van der Waals surface area contributed by atoms with Gasteiger partial charge in [0.05, 0.1) is 12.6 Å². The van der Waals surface area contributed by atoms with E-state index in [0.717, 1.165) is 12.0 Å². The molecule has 0 bridgehead atoms. The Hall–Kier alpha value is -2.83. The van der Waals surface area contributed by atoms with Crippen LogP contribution in [0.2, 0.25) is 0 Å². The Morgan fingerprint density at radius 2 is 1.81 bits per heavy atom. The van der Waals surface area contributed by atoms with Crippen LogP contribution in [0.1, 0.15) is 17.0 Å². The Balaban J connectivity index is 1.86. The van der Waals surface area contributed by atoms with E-state index >= 15 is 0 Å². The minimum Gasteiger partial charge on any atom is -0.497 e. The van der Waals surface area contributed by atoms with E-state index in [4.69, 9.17) is 4.74 Å². The summed E-state index contributed by atoms with van der Waals surface area (Å²) in [6, 6.07) is 12.9. The molecule has 0 radical (unpaired) electrons. The number of halogens is 3. The van der Waals surface area contributed by atoms with Crippen LogP contribution in [0.25, 0.3) is 10.9 Å². The molecule has 2 aromatic carbocycles. The standard InChI is InChI=1S/C19H16F3N3O/c1-26-14-6-7-15-16(10-14)23-18(19(20,21)22)24-17(15)25-9-8-12-4-2-3-5-13(12)11-25/h2-7,10H,8-9,11H2,1H3. The van der Waals surface area contributed by atoms with Gasteiger partial charge >= 0.3 is 6.18 Å². The molecule has 2 heterocycles. The van der Waals surface area contributed by atoms with Crippen LogP contribution >= 0.6 is 0 Å². The monoisotopic (exact) mass is 359 g/mol. The van der Waals surface area contributed by atoms with Gasteiger partial charge in [-0.15, -0.1) is 0 Å². The van der Waals surface area contributed by atoms with E-state index in [1.165, 1.54) is 18.7 Å². The first-order chi connectivity index (χ1) is 12.5. The molecule has 0 unspecified atom stereocenters. The van der Waals surface area contributed by atoms with Crippen molar-refractivity contribution in [3.05, 3.63) is 59.4 Å². The highest BCUT2D eigenvalue weighted by Gasteiger charge is 2.36. The van der Waals surface area contributed by atoms with E-state index in [2.05, 4.69) is 16.0 Å². The third kappa shape index (κ3) is 2.94. The van der Waals surface area contributed by atoms with Crippen LogP contribution in [0.3, 0.4) is 0 Å². The molecule has 134 valence electrons. The molecule has 1 aliphatic rings. The number of aromatic nitrogens is 2. The van der Waals surface area contributed by atoms with Gasteiger partial charge in [0.25, 0.3) is 0 Å². The maximum atomic E-state index is 13.3. The Labute approximate surface area is 148 Å². The number of alkyl halides is 3. The zero-order valence-corrected chi connectivity index (χ0v) is 14.0. The molecule has 26 heavy (non-hydrogen) atoms. The zero-order valence-electron chi connectivity index (χ0n) is 14.0. The lowest BCUT2D eigenvalue weighted by atomic mass is 9.99. The van der Waals surface area contributed by atoms with Gasteiger partial charge in [-0.1, -0.05) is 24.3 Å². The van der Waals surface area contributed by atoms with Crippen LogP contribution in [0.15, 0.2) is 42.5 Å². The van der Waals surface area contributed by atoms with E-state index in [-0.39, 0.29) is 5.52 Å². The average Bonchev–Trinajstić information content (AvgIpc) is 2.65. The molecule has 1 aliphatic heterocycles. The van der Waals surface area contributed by atoms with Crippen LogP contribution in [-0.4, -0.2) is 23.6 Å². The number of nitrogens with zero attached hydrogens (tertiary/aromatic N) is 3. The van der Waals surface area contributed by atoms with Gasteiger partial charge in [-0.05, 0) is 29.7 Å². The number of rotatable bonds is 2. The number of benzene rings is 2. The summed E-state index contributed by atoms with van der Waals surface area (Å²) in [5, 5.41) is 0.582. The summed E-state index contributed by atoms with van der Waals surface area (Å²) >= 11 is 0. The fourth-order valence-electron chi connectivity index (χ4n) is 3.26. The molecule has 0 fully saturated rings. The van der Waals surface area contributed by atoms with Gasteiger partial charge in [0, 0.05) is 24.5 Å². The van der Waals surface area contributed by atoms with E-state index in [9.17, 15) is 13.2 Å². The molecular formula is C19H16F3N3O. The zero-order chi connectivity index (χ0) is 18.3. The summed E-state index contributed by atoms with van der Waals surface area (Å²) in [5.41, 5.74) is 2.55. The van der Waals surface area contributed by atoms with Crippen molar-refractivity contribution in [2.75, 3.05) is 18.6 Å². The van der Waals surface area contributed by atoms with Crippen molar-refractivity contribution in [1.82, 2.24) is 9.97 Å². The number of methoxy groups -OCH3 is 1. The van der Waals surface area contributed by atoms with Crippen LogP contribution in [0, 0.1) is 0 Å². The number of ether oxygens (including phenoxy) is 1. The third-order valence-electron chi connectivity index (χ3n) is 4.57. The number of fused-ring (bicyclic) bond motifs is 2. The van der Waals surface area contributed by atoms with Gasteiger partial charge in [-0.25, -0.2) is 9.97 Å². The fourth-order valence-corrected chi connectivity index (χ4v) is 3.26. The van der Waals surface area contributed by atoms with Crippen molar-refractivity contribution in [3.63, 3.8) is 0 Å². The summed E-state index contributed by atoms with van der Waals surface area (Å²) in [7, 11) is 1.47. The summed E-state index contributed by atoms with van der Waals surface area (Å²) < 4.78 is 45.1. The highest BCUT2D eigenvalue weighted by molar-refractivity contribution is 5.90. The lowest BCUT2D eigenvalue weighted by Crippen LogP contribution is -2.32. The SMILES string of the molecule is COc1ccc2c(N3CCc4ccccc4C3)nc(C(F)(F)F)nc2c1. The molecule has 0 aliphatic carbocycles. The Kier molecular flexibility index (Phi) is 3.94. The fraction of sp³-hybridized carbons (Fsp3) is 0.263. The number of hydrogen-bond acceptors (Lipinski definition) is 4. The van der Waals surface area contributed by atoms with Crippen molar-refractivity contribution in [1.29, 1.82) is 0 Å². The van der Waals surface area contributed by atoms with Gasteiger partial charge < -0.3 is 9.64 Å². The minimum atomic E-state index is -4.61. The molecule has 4 nitrogen and oxygen atoms in total. The van der Waals surface area contributed by atoms with E-state index in [1.807, 2.05) is 23.1 Å². The van der Waals surface area contributed by atoms with Gasteiger partial charge in [0.2, 0.25) is 5.82 Å². The lowest BCUT2D eigenvalue weighted by Gasteiger charge is -2.30. The topological polar surface area (TPSA) is 38.2 Å². The molecule has 0 atom stereocenters. The van der Waals surface area contributed by atoms with Gasteiger partial charge in [0.1, 0.15) is 11.6 Å². The molecule has 0 N–H and O–H groups in total. The number of hydrogen-bond donors (Lipinski definition) is 0. The summed E-state index contributed by atoms with van der Waals surface area (Å²) in [4.78, 5) is 9.47. The molecule has 7 heteroatoms. The molecular weight excluding hydrogens is 343 g/mol. The van der Waals surface area contributed by atoms with Crippen LogP contribution in [-0.2, 0) is 19.1 Å². The maximum Gasteiger partial charge on any atom is 0.451 e. The van der Waals surface area contributed by atoms with E-state index in [0.29, 0.717) is 30.0 Å². The summed E-state index contributed by atoms with van der Waals surface area (Å²) in [5.74, 6) is -0.370. The highest BCUT2D eigenvalue weighted by Crippen LogP contribution is 2.34. The summed E-state index contributed by atoms with van der Waals surface area (Å²) in [6.07, 6.45) is -3.85. The Morgan fingerprint density at radius 1 is 1.04 bits per heavy atom. The van der Waals surface area contributed by atoms with Crippen LogP contribution in [0.4, 0.5) is 19.0 Å². The van der Waals surface area contributed by atoms with E-state index < -0.39 is 12.0 Å². The lowest BCUT2D eigenvalue weighted by molar-refractivity contribution is -0.144. The first-order valence-electron chi connectivity index (χ1n) is 8.20. The second-order valence-corrected chi connectivity index (χ2v) is 6.19. The largest absolute Gasteiger partial charge is 0.497 e. The van der Waals surface area contributed by atoms with Crippen molar-refractivity contribution < 1.29 is 17.9 Å². The van der Waals surface area contributed by atoms with Gasteiger partial charge in [-0.3, -0.25) is 0 Å². The maximum absolute atomic E-state index is 13.3. The van der Waals surface area contributed by atoms with Crippen LogP contribution in [0.5, 0.6) is 5.75 Å². The quantitative estimate of drug-likeness (QED) is 0.687. The first-order valence-corrected chi connectivity index (χ1v) is 8.20. The number of anilines is 1. The molecule has 0 spiro atoms. The van der Waals surface area contributed by atoms with Gasteiger partial charge in [-0.2, -0.15) is 13.2 Å². The second kappa shape index (κ2) is 6.16.